The maximum absolute atomic E-state index is 12.5. The zero-order valence-corrected chi connectivity index (χ0v) is 19.8. The third kappa shape index (κ3) is 6.51. The average Bonchev–Trinajstić information content (AvgIpc) is 2.86. The van der Waals surface area contributed by atoms with Gasteiger partial charge in [0.2, 0.25) is 0 Å². The Kier molecular flexibility index (Phi) is 7.55. The van der Waals surface area contributed by atoms with Gasteiger partial charge in [0.15, 0.2) is 12.0 Å². The minimum atomic E-state index is -4.54. The molecular weight excluding hydrogens is 479 g/mol. The van der Waals surface area contributed by atoms with Crippen LogP contribution in [0.25, 0.3) is 10.9 Å². The van der Waals surface area contributed by atoms with E-state index in [0.29, 0.717) is 23.8 Å². The van der Waals surface area contributed by atoms with E-state index < -0.39 is 17.6 Å². The van der Waals surface area contributed by atoms with E-state index in [1.165, 1.54) is 19.2 Å². The van der Waals surface area contributed by atoms with Gasteiger partial charge in [-0.3, -0.25) is 0 Å². The molecule has 35 heavy (non-hydrogen) atoms. The fourth-order valence-electron chi connectivity index (χ4n) is 3.42. The first-order valence-corrected chi connectivity index (χ1v) is 11.4. The number of alkyl halides is 3. The normalized spacial score (nSPS) is 11.3. The molecule has 0 saturated heterocycles. The summed E-state index contributed by atoms with van der Waals surface area (Å²) >= 11 is -0.602. The Morgan fingerprint density at radius 3 is 2.26 bits per heavy atom. The molecule has 182 valence electrons. The SMILES string of the molecule is COc1cc(OCc2nc3ccccc3c(OCc3ccccc3)c2C)cc(OSC(F)(F)F)c1. The zero-order valence-electron chi connectivity index (χ0n) is 19.0. The van der Waals surface area contributed by atoms with E-state index in [1.54, 1.807) is 6.07 Å². The summed E-state index contributed by atoms with van der Waals surface area (Å²) in [4.78, 5) is 4.72. The van der Waals surface area contributed by atoms with E-state index in [-0.39, 0.29) is 18.1 Å². The number of nitrogens with zero attached hydrogens (tertiary/aromatic N) is 1. The lowest BCUT2D eigenvalue weighted by atomic mass is 10.1. The number of hydrogen-bond acceptors (Lipinski definition) is 6. The second-order valence-electron chi connectivity index (χ2n) is 7.55. The average molecular weight is 502 g/mol. The van der Waals surface area contributed by atoms with Crippen LogP contribution in [-0.4, -0.2) is 17.6 Å². The molecule has 4 rings (SSSR count). The summed E-state index contributed by atoms with van der Waals surface area (Å²) in [6.45, 7) is 2.36. The highest BCUT2D eigenvalue weighted by Crippen LogP contribution is 2.36. The van der Waals surface area contributed by atoms with Gasteiger partial charge in [-0.2, -0.15) is 13.2 Å². The molecule has 3 aromatic carbocycles. The molecule has 0 aliphatic rings. The fraction of sp³-hybridized carbons (Fsp3) is 0.192. The molecule has 9 heteroatoms. The van der Waals surface area contributed by atoms with Gasteiger partial charge in [-0.05, 0) is 24.6 Å². The second-order valence-corrected chi connectivity index (χ2v) is 8.35. The van der Waals surface area contributed by atoms with Crippen molar-refractivity contribution in [2.45, 2.75) is 25.6 Å². The van der Waals surface area contributed by atoms with Crippen molar-refractivity contribution < 1.29 is 31.6 Å². The first-order valence-electron chi connectivity index (χ1n) is 10.6. The topological polar surface area (TPSA) is 49.8 Å². The smallest absolute Gasteiger partial charge is 0.479 e. The molecule has 4 aromatic rings. The fourth-order valence-corrected chi connectivity index (χ4v) is 3.71. The van der Waals surface area contributed by atoms with E-state index in [4.69, 9.17) is 23.4 Å². The zero-order chi connectivity index (χ0) is 24.8. The number of aromatic nitrogens is 1. The molecule has 5 nitrogen and oxygen atoms in total. The van der Waals surface area contributed by atoms with Crippen LogP contribution < -0.4 is 18.4 Å². The quantitative estimate of drug-likeness (QED) is 0.225. The first-order chi connectivity index (χ1) is 16.8. The molecule has 0 bridgehead atoms. The van der Waals surface area contributed by atoms with Crippen LogP contribution in [0.1, 0.15) is 16.8 Å². The van der Waals surface area contributed by atoms with Crippen molar-refractivity contribution in [2.75, 3.05) is 7.11 Å². The standard InChI is InChI=1S/C26H22F3NO4S/c1-17-24(16-32-20-12-19(31-2)13-21(14-20)34-35-26(27,28)29)30-23-11-7-6-10-22(23)25(17)33-15-18-8-4-3-5-9-18/h3-14H,15-16H2,1-2H3. The van der Waals surface area contributed by atoms with Crippen molar-refractivity contribution >= 4 is 22.9 Å². The highest BCUT2D eigenvalue weighted by atomic mass is 32.2. The van der Waals surface area contributed by atoms with Gasteiger partial charge >= 0.3 is 5.51 Å². The van der Waals surface area contributed by atoms with Crippen molar-refractivity contribution in [3.63, 3.8) is 0 Å². The summed E-state index contributed by atoms with van der Waals surface area (Å²) in [6, 6.07) is 21.8. The van der Waals surface area contributed by atoms with Gasteiger partial charge in [-0.1, -0.05) is 42.5 Å². The Labute approximate surface area is 205 Å². The number of benzene rings is 3. The molecule has 0 unspecified atom stereocenters. The lowest BCUT2D eigenvalue weighted by molar-refractivity contribution is -0.0369. The highest BCUT2D eigenvalue weighted by molar-refractivity contribution is 7.95. The van der Waals surface area contributed by atoms with Crippen molar-refractivity contribution in [2.24, 2.45) is 0 Å². The Hall–Kier alpha value is -3.59. The maximum Gasteiger partial charge on any atom is 0.479 e. The summed E-state index contributed by atoms with van der Waals surface area (Å²) in [5, 5.41) is 0.880. The Balaban J connectivity index is 1.58. The van der Waals surface area contributed by atoms with E-state index in [1.807, 2.05) is 61.5 Å². The van der Waals surface area contributed by atoms with Gasteiger partial charge < -0.3 is 18.4 Å². The number of methoxy groups -OCH3 is 1. The summed E-state index contributed by atoms with van der Waals surface area (Å²) in [5.41, 5.74) is -1.30. The number of para-hydroxylation sites is 1. The van der Waals surface area contributed by atoms with Gasteiger partial charge in [0, 0.05) is 29.1 Å². The summed E-state index contributed by atoms with van der Waals surface area (Å²) < 4.78 is 59.6. The molecule has 0 aliphatic heterocycles. The number of halogens is 3. The van der Waals surface area contributed by atoms with Gasteiger partial charge in [0.25, 0.3) is 0 Å². The third-order valence-corrected chi connectivity index (χ3v) is 5.57. The molecule has 0 radical (unpaired) electrons. The van der Waals surface area contributed by atoms with Crippen LogP contribution in [0.2, 0.25) is 0 Å². The van der Waals surface area contributed by atoms with Crippen LogP contribution in [0.4, 0.5) is 13.2 Å². The van der Waals surface area contributed by atoms with Crippen LogP contribution in [0.5, 0.6) is 23.0 Å². The van der Waals surface area contributed by atoms with Crippen LogP contribution in [0.3, 0.4) is 0 Å². The van der Waals surface area contributed by atoms with E-state index in [0.717, 1.165) is 22.0 Å². The monoisotopic (exact) mass is 501 g/mol. The minimum Gasteiger partial charge on any atom is -0.496 e. The lowest BCUT2D eigenvalue weighted by Crippen LogP contribution is -2.06. The second kappa shape index (κ2) is 10.8. The molecule has 0 N–H and O–H groups in total. The minimum absolute atomic E-state index is 0.0447. The van der Waals surface area contributed by atoms with Crippen molar-refractivity contribution in [3.8, 4) is 23.0 Å². The molecular formula is C26H22F3NO4S. The molecule has 0 saturated carbocycles. The number of hydrogen-bond donors (Lipinski definition) is 0. The number of rotatable bonds is 9. The van der Waals surface area contributed by atoms with Crippen LogP contribution in [0.15, 0.2) is 72.8 Å². The first kappa shape index (κ1) is 24.5. The van der Waals surface area contributed by atoms with Crippen LogP contribution in [0, 0.1) is 6.92 Å². The van der Waals surface area contributed by atoms with E-state index >= 15 is 0 Å². The largest absolute Gasteiger partial charge is 0.496 e. The molecule has 0 atom stereocenters. The molecule has 1 heterocycles. The molecule has 0 spiro atoms. The molecule has 0 amide bonds. The van der Waals surface area contributed by atoms with Crippen molar-refractivity contribution in [3.05, 3.63) is 89.6 Å². The Morgan fingerprint density at radius 1 is 0.829 bits per heavy atom. The van der Waals surface area contributed by atoms with Crippen LogP contribution >= 0.6 is 12.0 Å². The molecule has 0 fully saturated rings. The van der Waals surface area contributed by atoms with E-state index in [2.05, 4.69) is 0 Å². The highest BCUT2D eigenvalue weighted by Gasteiger charge is 2.31. The van der Waals surface area contributed by atoms with Gasteiger partial charge in [-0.25, -0.2) is 4.98 Å². The van der Waals surface area contributed by atoms with Gasteiger partial charge in [0.1, 0.15) is 36.2 Å². The molecule has 0 aliphatic carbocycles. The summed E-state index contributed by atoms with van der Waals surface area (Å²) in [5.74, 6) is 1.24. The predicted octanol–water partition coefficient (Wildman–Crippen LogP) is 7.26. The predicted molar refractivity (Wildman–Crippen MR) is 129 cm³/mol. The van der Waals surface area contributed by atoms with Crippen LogP contribution in [-0.2, 0) is 13.2 Å². The number of fused-ring (bicyclic) bond motifs is 1. The lowest BCUT2D eigenvalue weighted by Gasteiger charge is -2.16. The molecule has 1 aromatic heterocycles. The number of pyridine rings is 1. The third-order valence-electron chi connectivity index (χ3n) is 5.10. The summed E-state index contributed by atoms with van der Waals surface area (Å²) in [6.07, 6.45) is 0. The van der Waals surface area contributed by atoms with E-state index in [9.17, 15) is 13.2 Å². The summed E-state index contributed by atoms with van der Waals surface area (Å²) in [7, 11) is 1.41. The van der Waals surface area contributed by atoms with Crippen molar-refractivity contribution in [1.29, 1.82) is 0 Å². The maximum atomic E-state index is 12.5. The van der Waals surface area contributed by atoms with Gasteiger partial charge in [0.05, 0.1) is 18.3 Å². The van der Waals surface area contributed by atoms with Gasteiger partial charge in [-0.15, -0.1) is 0 Å². The Morgan fingerprint density at radius 2 is 1.51 bits per heavy atom. The Bertz CT molecular complexity index is 1300. The number of ether oxygens (including phenoxy) is 3. The van der Waals surface area contributed by atoms with Crippen molar-refractivity contribution in [1.82, 2.24) is 4.98 Å².